The molecule has 21 heavy (non-hydrogen) atoms. The molecule has 0 saturated heterocycles. The molecule has 3 rings (SSSR count). The van der Waals surface area contributed by atoms with E-state index in [1.807, 2.05) is 26.0 Å². The normalized spacial score (nSPS) is 13.0. The quantitative estimate of drug-likeness (QED) is 0.943. The number of fused-ring (bicyclic) bond motifs is 1. The van der Waals surface area contributed by atoms with E-state index in [0.717, 1.165) is 29.2 Å². The van der Waals surface area contributed by atoms with E-state index < -0.39 is 0 Å². The van der Waals surface area contributed by atoms with Gasteiger partial charge in [-0.05, 0) is 56.4 Å². The van der Waals surface area contributed by atoms with Crippen molar-refractivity contribution in [2.24, 2.45) is 0 Å². The second kappa shape index (κ2) is 5.85. The van der Waals surface area contributed by atoms with Crippen LogP contribution in [0.2, 0.25) is 0 Å². The number of carbonyl (C=O) groups is 1. The molecule has 1 amide bonds. The second-order valence-electron chi connectivity index (χ2n) is 5.28. The second-order valence-corrected chi connectivity index (χ2v) is 6.48. The lowest BCUT2D eigenvalue weighted by atomic mass is 10.1. The maximum absolute atomic E-state index is 11.9. The molecule has 0 atom stereocenters. The zero-order valence-electron chi connectivity index (χ0n) is 12.2. The fourth-order valence-corrected chi connectivity index (χ4v) is 3.30. The number of benzene rings is 1. The number of nitrogens with one attached hydrogen (secondary N) is 1. The van der Waals surface area contributed by atoms with Gasteiger partial charge >= 0.3 is 0 Å². The molecule has 0 spiro atoms. The highest BCUT2D eigenvalue weighted by atomic mass is 32.1. The molecule has 0 aliphatic heterocycles. The Kier molecular flexibility index (Phi) is 3.92. The van der Waals surface area contributed by atoms with E-state index in [-0.39, 0.29) is 12.5 Å². The minimum atomic E-state index is -0.177. The van der Waals surface area contributed by atoms with Gasteiger partial charge in [-0.2, -0.15) is 0 Å². The van der Waals surface area contributed by atoms with Gasteiger partial charge in [0.2, 0.25) is 0 Å². The lowest BCUT2D eigenvalue weighted by Crippen LogP contribution is -2.20. The summed E-state index contributed by atoms with van der Waals surface area (Å²) in [7, 11) is 0. The number of hydrogen-bond donors (Lipinski definition) is 1. The molecule has 5 heteroatoms. The number of nitrogens with zero attached hydrogens (tertiary/aromatic N) is 1. The van der Waals surface area contributed by atoms with Gasteiger partial charge in [0.25, 0.3) is 5.91 Å². The van der Waals surface area contributed by atoms with Crippen molar-refractivity contribution in [2.45, 2.75) is 33.1 Å². The van der Waals surface area contributed by atoms with Crippen LogP contribution in [0, 0.1) is 13.8 Å². The molecular formula is C16H18N2O2S. The maximum Gasteiger partial charge on any atom is 0.264 e. The van der Waals surface area contributed by atoms with Crippen LogP contribution in [-0.2, 0) is 17.6 Å². The third-order valence-corrected chi connectivity index (χ3v) is 4.70. The lowest BCUT2D eigenvalue weighted by molar-refractivity contribution is -0.118. The van der Waals surface area contributed by atoms with Gasteiger partial charge in [0.1, 0.15) is 5.75 Å². The Bertz CT molecular complexity index is 659. The van der Waals surface area contributed by atoms with Crippen LogP contribution in [0.25, 0.3) is 0 Å². The molecule has 1 aromatic heterocycles. The minimum Gasteiger partial charge on any atom is -0.484 e. The van der Waals surface area contributed by atoms with Crippen molar-refractivity contribution in [1.29, 1.82) is 0 Å². The van der Waals surface area contributed by atoms with Crippen molar-refractivity contribution in [3.8, 4) is 5.75 Å². The van der Waals surface area contributed by atoms with Crippen LogP contribution in [0.4, 0.5) is 5.13 Å². The van der Waals surface area contributed by atoms with Gasteiger partial charge in [0, 0.05) is 4.88 Å². The van der Waals surface area contributed by atoms with Crippen molar-refractivity contribution < 1.29 is 9.53 Å². The molecule has 0 saturated carbocycles. The Morgan fingerprint density at radius 3 is 2.90 bits per heavy atom. The molecule has 0 unspecified atom stereocenters. The van der Waals surface area contributed by atoms with E-state index in [1.54, 1.807) is 0 Å². The predicted molar refractivity (Wildman–Crippen MR) is 84.2 cm³/mol. The van der Waals surface area contributed by atoms with Crippen molar-refractivity contribution >= 4 is 22.4 Å². The molecule has 1 aliphatic rings. The summed E-state index contributed by atoms with van der Waals surface area (Å²) in [4.78, 5) is 17.3. The lowest BCUT2D eigenvalue weighted by Gasteiger charge is -2.07. The number of amides is 1. The number of hydrogen-bond acceptors (Lipinski definition) is 4. The van der Waals surface area contributed by atoms with Crippen LogP contribution in [0.5, 0.6) is 5.75 Å². The van der Waals surface area contributed by atoms with Gasteiger partial charge < -0.3 is 4.74 Å². The van der Waals surface area contributed by atoms with Gasteiger partial charge in [0.15, 0.2) is 11.7 Å². The highest BCUT2D eigenvalue weighted by Crippen LogP contribution is 2.26. The molecule has 0 fully saturated rings. The Morgan fingerprint density at radius 2 is 2.14 bits per heavy atom. The molecular weight excluding hydrogens is 284 g/mol. The van der Waals surface area contributed by atoms with Gasteiger partial charge in [-0.3, -0.25) is 10.1 Å². The molecule has 110 valence electrons. The molecule has 1 N–H and O–H groups in total. The van der Waals surface area contributed by atoms with E-state index in [1.165, 1.54) is 28.9 Å². The number of ether oxygens (including phenoxy) is 1. The Balaban J connectivity index is 1.56. The number of aryl methyl sites for hydroxylation is 4. The number of anilines is 1. The summed E-state index contributed by atoms with van der Waals surface area (Å²) in [6.45, 7) is 3.93. The largest absolute Gasteiger partial charge is 0.484 e. The van der Waals surface area contributed by atoms with Crippen LogP contribution in [0.3, 0.4) is 0 Å². The third-order valence-electron chi connectivity index (χ3n) is 3.71. The highest BCUT2D eigenvalue weighted by Gasteiger charge is 2.12. The molecule has 2 aromatic rings. The predicted octanol–water partition coefficient (Wildman–Crippen LogP) is 3.27. The van der Waals surface area contributed by atoms with E-state index in [9.17, 15) is 4.79 Å². The van der Waals surface area contributed by atoms with E-state index >= 15 is 0 Å². The summed E-state index contributed by atoms with van der Waals surface area (Å²) in [6.07, 6.45) is 3.47. The topological polar surface area (TPSA) is 51.2 Å². The van der Waals surface area contributed by atoms with Gasteiger partial charge in [-0.25, -0.2) is 4.98 Å². The number of rotatable bonds is 4. The van der Waals surface area contributed by atoms with Crippen molar-refractivity contribution in [1.82, 2.24) is 4.98 Å². The monoisotopic (exact) mass is 302 g/mol. The van der Waals surface area contributed by atoms with E-state index in [0.29, 0.717) is 5.13 Å². The standard InChI is InChI=1S/C16H18N2O2S/c1-10-11(2)21-16(17-10)18-15(19)9-20-14-7-6-12-4-3-5-13(12)8-14/h6-8H,3-5,9H2,1-2H3,(H,17,18,19). The fourth-order valence-electron chi connectivity index (χ4n) is 2.47. The zero-order chi connectivity index (χ0) is 14.8. The first-order valence-corrected chi connectivity index (χ1v) is 7.92. The number of carbonyl (C=O) groups excluding carboxylic acids is 1. The average Bonchev–Trinajstić information content (AvgIpc) is 3.03. The highest BCUT2D eigenvalue weighted by molar-refractivity contribution is 7.15. The van der Waals surface area contributed by atoms with Crippen LogP contribution >= 0.6 is 11.3 Å². The van der Waals surface area contributed by atoms with Crippen LogP contribution in [0.15, 0.2) is 18.2 Å². The van der Waals surface area contributed by atoms with E-state index in [2.05, 4.69) is 16.4 Å². The minimum absolute atomic E-state index is 0.0104. The summed E-state index contributed by atoms with van der Waals surface area (Å²) in [6, 6.07) is 6.09. The zero-order valence-corrected chi connectivity index (χ0v) is 13.0. The first-order valence-electron chi connectivity index (χ1n) is 7.10. The Labute approximate surface area is 128 Å². The number of aromatic nitrogens is 1. The summed E-state index contributed by atoms with van der Waals surface area (Å²) in [5.74, 6) is 0.585. The van der Waals surface area contributed by atoms with Gasteiger partial charge in [0.05, 0.1) is 5.69 Å². The SMILES string of the molecule is Cc1nc(NC(=O)COc2ccc3c(c2)CCC3)sc1C. The van der Waals surface area contributed by atoms with E-state index in [4.69, 9.17) is 4.74 Å². The van der Waals surface area contributed by atoms with Crippen LogP contribution in [-0.4, -0.2) is 17.5 Å². The molecule has 1 heterocycles. The van der Waals surface area contributed by atoms with Gasteiger partial charge in [-0.15, -0.1) is 11.3 Å². The number of thiazole rings is 1. The van der Waals surface area contributed by atoms with Gasteiger partial charge in [-0.1, -0.05) is 6.07 Å². The average molecular weight is 302 g/mol. The van der Waals surface area contributed by atoms with Crippen molar-refractivity contribution in [3.63, 3.8) is 0 Å². The smallest absolute Gasteiger partial charge is 0.264 e. The first kappa shape index (κ1) is 14.1. The maximum atomic E-state index is 11.9. The summed E-state index contributed by atoms with van der Waals surface area (Å²) >= 11 is 1.48. The van der Waals surface area contributed by atoms with Crippen LogP contribution < -0.4 is 10.1 Å². The molecule has 1 aliphatic carbocycles. The fraction of sp³-hybridized carbons (Fsp3) is 0.375. The van der Waals surface area contributed by atoms with Crippen molar-refractivity contribution in [3.05, 3.63) is 39.9 Å². The summed E-state index contributed by atoms with van der Waals surface area (Å²) < 4.78 is 5.57. The molecule has 1 aromatic carbocycles. The Morgan fingerprint density at radius 1 is 1.33 bits per heavy atom. The molecule has 4 nitrogen and oxygen atoms in total. The van der Waals surface area contributed by atoms with Crippen molar-refractivity contribution in [2.75, 3.05) is 11.9 Å². The summed E-state index contributed by atoms with van der Waals surface area (Å²) in [5.41, 5.74) is 3.70. The first-order chi connectivity index (χ1) is 10.1. The molecule has 0 bridgehead atoms. The molecule has 0 radical (unpaired) electrons. The van der Waals surface area contributed by atoms with Crippen LogP contribution in [0.1, 0.15) is 28.1 Å². The third kappa shape index (κ3) is 3.24. The summed E-state index contributed by atoms with van der Waals surface area (Å²) in [5, 5.41) is 3.40. The Hall–Kier alpha value is -1.88.